The largest absolute Gasteiger partial charge is 0.489 e. The highest BCUT2D eigenvalue weighted by atomic mass is 16.5. The average molecular weight is 465 g/mol. The number of rotatable bonds is 9. The molecule has 0 aliphatic carbocycles. The second kappa shape index (κ2) is 10.6. The van der Waals surface area contributed by atoms with E-state index in [9.17, 15) is 4.79 Å². The van der Waals surface area contributed by atoms with E-state index >= 15 is 0 Å². The number of para-hydroxylation sites is 2. The molecular formula is C29H24N2O4. The van der Waals surface area contributed by atoms with E-state index in [4.69, 9.17) is 13.9 Å². The van der Waals surface area contributed by atoms with Crippen LogP contribution in [0.1, 0.15) is 27.4 Å². The Morgan fingerprint density at radius 1 is 0.800 bits per heavy atom. The summed E-state index contributed by atoms with van der Waals surface area (Å²) in [7, 11) is 0. The smallest absolute Gasteiger partial charge is 0.287 e. The second-order valence-electron chi connectivity index (χ2n) is 7.95. The van der Waals surface area contributed by atoms with Gasteiger partial charge in [0.2, 0.25) is 0 Å². The first-order chi connectivity index (χ1) is 17.3. The lowest BCUT2D eigenvalue weighted by atomic mass is 10.1. The monoisotopic (exact) mass is 464 g/mol. The molecule has 0 spiro atoms. The minimum atomic E-state index is -0.298. The zero-order valence-electron chi connectivity index (χ0n) is 19.0. The van der Waals surface area contributed by atoms with Gasteiger partial charge in [0.05, 0.1) is 5.69 Å². The molecule has 0 aliphatic rings. The van der Waals surface area contributed by atoms with Crippen molar-refractivity contribution in [3.63, 3.8) is 0 Å². The Morgan fingerprint density at radius 2 is 1.57 bits per heavy atom. The van der Waals surface area contributed by atoms with Crippen LogP contribution in [-0.4, -0.2) is 10.9 Å². The SMILES string of the molecule is O=C(NCc1cccc(OCc2ccccn2)c1)c1oc2ccccc2c1COc1ccccc1. The topological polar surface area (TPSA) is 73.6 Å². The summed E-state index contributed by atoms with van der Waals surface area (Å²) in [6.45, 7) is 0.927. The first-order valence-electron chi connectivity index (χ1n) is 11.3. The molecule has 0 aliphatic heterocycles. The summed E-state index contributed by atoms with van der Waals surface area (Å²) in [6, 6.07) is 30.4. The third-order valence-electron chi connectivity index (χ3n) is 5.50. The molecule has 1 N–H and O–H groups in total. The molecule has 0 unspecified atom stereocenters. The van der Waals surface area contributed by atoms with E-state index < -0.39 is 0 Å². The van der Waals surface area contributed by atoms with Crippen LogP contribution in [0.25, 0.3) is 11.0 Å². The number of aromatic nitrogens is 1. The molecular weight excluding hydrogens is 440 g/mol. The predicted octanol–water partition coefficient (Wildman–Crippen LogP) is 5.92. The average Bonchev–Trinajstić information content (AvgIpc) is 3.29. The third-order valence-corrected chi connectivity index (χ3v) is 5.50. The number of nitrogens with zero attached hydrogens (tertiary/aromatic N) is 1. The Kier molecular flexibility index (Phi) is 6.71. The van der Waals surface area contributed by atoms with Gasteiger partial charge in [-0.3, -0.25) is 9.78 Å². The van der Waals surface area contributed by atoms with E-state index in [2.05, 4.69) is 10.3 Å². The van der Waals surface area contributed by atoms with Gasteiger partial charge < -0.3 is 19.2 Å². The summed E-state index contributed by atoms with van der Waals surface area (Å²) in [5.74, 6) is 1.40. The number of benzene rings is 3. The molecule has 0 saturated heterocycles. The highest BCUT2D eigenvalue weighted by molar-refractivity contribution is 5.99. The summed E-state index contributed by atoms with van der Waals surface area (Å²) >= 11 is 0. The molecule has 5 aromatic rings. The van der Waals surface area contributed by atoms with Crippen LogP contribution in [0.5, 0.6) is 11.5 Å². The highest BCUT2D eigenvalue weighted by Crippen LogP contribution is 2.27. The Hall–Kier alpha value is -4.58. The zero-order valence-corrected chi connectivity index (χ0v) is 19.0. The van der Waals surface area contributed by atoms with E-state index in [1.807, 2.05) is 97.1 Å². The second-order valence-corrected chi connectivity index (χ2v) is 7.95. The summed E-state index contributed by atoms with van der Waals surface area (Å²) in [5.41, 5.74) is 3.13. The van der Waals surface area contributed by atoms with Crippen molar-refractivity contribution in [2.45, 2.75) is 19.8 Å². The van der Waals surface area contributed by atoms with Crippen LogP contribution in [0.2, 0.25) is 0 Å². The Balaban J connectivity index is 1.27. The Bertz CT molecular complexity index is 1410. The van der Waals surface area contributed by atoms with Gasteiger partial charge in [-0.25, -0.2) is 0 Å². The summed E-state index contributed by atoms with van der Waals surface area (Å²) in [4.78, 5) is 17.4. The Morgan fingerprint density at radius 3 is 2.43 bits per heavy atom. The van der Waals surface area contributed by atoms with E-state index in [-0.39, 0.29) is 18.3 Å². The lowest BCUT2D eigenvalue weighted by molar-refractivity contribution is 0.0922. The maximum absolute atomic E-state index is 13.1. The molecule has 2 heterocycles. The molecule has 35 heavy (non-hydrogen) atoms. The van der Waals surface area contributed by atoms with Crippen molar-refractivity contribution in [1.82, 2.24) is 10.3 Å². The molecule has 0 bridgehead atoms. The maximum atomic E-state index is 13.1. The minimum absolute atomic E-state index is 0.223. The van der Waals surface area contributed by atoms with E-state index in [0.717, 1.165) is 28.0 Å². The van der Waals surface area contributed by atoms with Gasteiger partial charge in [-0.15, -0.1) is 0 Å². The van der Waals surface area contributed by atoms with Crippen molar-refractivity contribution in [2.24, 2.45) is 0 Å². The number of amides is 1. The number of hydrogen-bond donors (Lipinski definition) is 1. The van der Waals surface area contributed by atoms with Crippen LogP contribution in [-0.2, 0) is 19.8 Å². The summed E-state index contributed by atoms with van der Waals surface area (Å²) in [5, 5.41) is 3.82. The maximum Gasteiger partial charge on any atom is 0.287 e. The van der Waals surface area contributed by atoms with Gasteiger partial charge in [-0.05, 0) is 48.0 Å². The quantitative estimate of drug-likeness (QED) is 0.293. The van der Waals surface area contributed by atoms with Gasteiger partial charge in [0, 0.05) is 23.7 Å². The first kappa shape index (κ1) is 22.2. The zero-order chi connectivity index (χ0) is 23.9. The molecule has 2 aromatic heterocycles. The molecule has 6 heteroatoms. The molecule has 6 nitrogen and oxygen atoms in total. The van der Waals surface area contributed by atoms with Crippen LogP contribution in [0.4, 0.5) is 0 Å². The van der Waals surface area contributed by atoms with Crippen molar-refractivity contribution < 1.29 is 18.7 Å². The van der Waals surface area contributed by atoms with E-state index in [1.54, 1.807) is 6.20 Å². The van der Waals surface area contributed by atoms with Crippen molar-refractivity contribution >= 4 is 16.9 Å². The molecule has 0 radical (unpaired) electrons. The fourth-order valence-corrected chi connectivity index (χ4v) is 3.75. The normalized spacial score (nSPS) is 10.7. The fraction of sp³-hybridized carbons (Fsp3) is 0.103. The van der Waals surface area contributed by atoms with E-state index in [1.165, 1.54) is 0 Å². The van der Waals surface area contributed by atoms with Crippen molar-refractivity contribution in [2.75, 3.05) is 0 Å². The number of furan rings is 1. The van der Waals surface area contributed by atoms with Crippen LogP contribution >= 0.6 is 0 Å². The number of carbonyl (C=O) groups excluding carboxylic acids is 1. The van der Waals surface area contributed by atoms with Crippen molar-refractivity contribution in [3.8, 4) is 11.5 Å². The molecule has 1 amide bonds. The van der Waals surface area contributed by atoms with Gasteiger partial charge in [0.15, 0.2) is 5.76 Å². The van der Waals surface area contributed by atoms with Gasteiger partial charge >= 0.3 is 0 Å². The Labute approximate surface area is 203 Å². The van der Waals surface area contributed by atoms with Crippen molar-refractivity contribution in [3.05, 3.63) is 126 Å². The van der Waals surface area contributed by atoms with Crippen LogP contribution < -0.4 is 14.8 Å². The first-order valence-corrected chi connectivity index (χ1v) is 11.3. The number of carbonyl (C=O) groups is 1. The number of hydrogen-bond acceptors (Lipinski definition) is 5. The number of fused-ring (bicyclic) bond motifs is 1. The lowest BCUT2D eigenvalue weighted by Crippen LogP contribution is -2.23. The van der Waals surface area contributed by atoms with Gasteiger partial charge in [-0.1, -0.05) is 54.6 Å². The predicted molar refractivity (Wildman–Crippen MR) is 133 cm³/mol. The molecule has 174 valence electrons. The van der Waals surface area contributed by atoms with Crippen LogP contribution in [0.15, 0.2) is 108 Å². The van der Waals surface area contributed by atoms with E-state index in [0.29, 0.717) is 24.5 Å². The minimum Gasteiger partial charge on any atom is -0.489 e. The number of ether oxygens (including phenoxy) is 2. The third kappa shape index (κ3) is 5.50. The molecule has 5 rings (SSSR count). The van der Waals surface area contributed by atoms with Crippen LogP contribution in [0, 0.1) is 0 Å². The fourth-order valence-electron chi connectivity index (χ4n) is 3.75. The van der Waals surface area contributed by atoms with Gasteiger partial charge in [0.25, 0.3) is 5.91 Å². The molecule has 0 fully saturated rings. The summed E-state index contributed by atoms with van der Waals surface area (Å²) in [6.07, 6.45) is 1.74. The van der Waals surface area contributed by atoms with Crippen molar-refractivity contribution in [1.29, 1.82) is 0 Å². The summed E-state index contributed by atoms with van der Waals surface area (Å²) < 4.78 is 17.7. The van der Waals surface area contributed by atoms with Gasteiger partial charge in [0.1, 0.15) is 30.3 Å². The number of pyridine rings is 1. The van der Waals surface area contributed by atoms with Crippen LogP contribution in [0.3, 0.4) is 0 Å². The number of nitrogens with one attached hydrogen (secondary N) is 1. The highest BCUT2D eigenvalue weighted by Gasteiger charge is 2.21. The molecule has 0 atom stereocenters. The molecule has 3 aromatic carbocycles. The standard InChI is InChI=1S/C29H24N2O4/c32-29(31-18-21-9-8-13-24(17-21)33-19-22-10-6-7-16-30-22)28-26(20-34-23-11-2-1-3-12-23)25-14-4-5-15-27(25)35-28/h1-17H,18-20H2,(H,31,32). The molecule has 0 saturated carbocycles. The lowest BCUT2D eigenvalue weighted by Gasteiger charge is -2.09. The van der Waals surface area contributed by atoms with Gasteiger partial charge in [-0.2, -0.15) is 0 Å².